The van der Waals surface area contributed by atoms with Crippen LogP contribution in [0.2, 0.25) is 0 Å². The Labute approximate surface area is 312 Å². The van der Waals surface area contributed by atoms with Crippen molar-refractivity contribution >= 4 is 60.0 Å². The predicted molar refractivity (Wildman–Crippen MR) is 225 cm³/mol. The molecule has 0 saturated carbocycles. The molecule has 5 heteroatoms. The summed E-state index contributed by atoms with van der Waals surface area (Å²) in [6, 6.07) is 55.9. The fraction of sp³-hybridized carbons (Fsp3) is 0. The molecule has 0 aliphatic rings. The maximum atomic E-state index is 5.07. The van der Waals surface area contributed by atoms with Crippen molar-refractivity contribution in [2.75, 3.05) is 0 Å². The number of rotatable bonds is 7. The van der Waals surface area contributed by atoms with Gasteiger partial charge in [-0.25, -0.2) is 4.98 Å². The van der Waals surface area contributed by atoms with Crippen LogP contribution in [0.5, 0.6) is 0 Å². The lowest BCUT2D eigenvalue weighted by atomic mass is 10.0. The fourth-order valence-corrected chi connectivity index (χ4v) is 7.85. The number of hydrogen-bond acceptors (Lipinski definition) is 3. The number of benzene rings is 7. The molecule has 0 atom stereocenters. The zero-order valence-corrected chi connectivity index (χ0v) is 29.4. The molecule has 3 heterocycles. The van der Waals surface area contributed by atoms with E-state index in [1.165, 1.54) is 38.3 Å². The largest absolute Gasteiger partial charge is 0.309 e. The van der Waals surface area contributed by atoms with E-state index in [0.29, 0.717) is 17.6 Å². The zero-order chi connectivity index (χ0) is 36.2. The average Bonchev–Trinajstić information content (AvgIpc) is 3.75. The van der Waals surface area contributed by atoms with E-state index < -0.39 is 0 Å². The third-order valence-corrected chi connectivity index (χ3v) is 10.3. The molecule has 0 aliphatic heterocycles. The molecule has 254 valence electrons. The van der Waals surface area contributed by atoms with Crippen molar-refractivity contribution in [1.82, 2.24) is 24.1 Å². The summed E-state index contributed by atoms with van der Waals surface area (Å²) in [4.78, 5) is 15.0. The van der Waals surface area contributed by atoms with E-state index >= 15 is 0 Å². The van der Waals surface area contributed by atoms with Crippen molar-refractivity contribution in [1.29, 1.82) is 0 Å². The number of fused-ring (bicyclic) bond motifs is 7. The normalized spacial score (nSPS) is 12.0. The lowest BCUT2D eigenvalue weighted by Crippen LogP contribution is -2.07. The topological polar surface area (TPSA) is 48.5 Å². The summed E-state index contributed by atoms with van der Waals surface area (Å²) < 4.78 is 4.56. The highest BCUT2D eigenvalue weighted by Gasteiger charge is 2.19. The first-order valence-electron chi connectivity index (χ1n) is 18.0. The molecule has 0 fully saturated rings. The van der Waals surface area contributed by atoms with Crippen LogP contribution in [0.4, 0.5) is 0 Å². The molecule has 54 heavy (non-hydrogen) atoms. The summed E-state index contributed by atoms with van der Waals surface area (Å²) in [6.45, 7) is 7.93. The number of allylic oxidation sites excluding steroid dienone is 4. The van der Waals surface area contributed by atoms with Crippen LogP contribution >= 0.6 is 0 Å². The minimum Gasteiger partial charge on any atom is -0.309 e. The van der Waals surface area contributed by atoms with Gasteiger partial charge in [0.2, 0.25) is 5.95 Å². The third-order valence-electron chi connectivity index (χ3n) is 10.3. The van der Waals surface area contributed by atoms with Gasteiger partial charge in [0.15, 0.2) is 11.6 Å². The van der Waals surface area contributed by atoms with Crippen LogP contribution in [0.3, 0.4) is 0 Å². The molecule has 3 aromatic heterocycles. The van der Waals surface area contributed by atoms with Crippen LogP contribution in [-0.2, 0) is 0 Å². The summed E-state index contributed by atoms with van der Waals surface area (Å²) in [5.41, 5.74) is 9.50. The van der Waals surface area contributed by atoms with E-state index in [-0.39, 0.29) is 0 Å². The summed E-state index contributed by atoms with van der Waals surface area (Å²) in [5.74, 6) is 1.66. The van der Waals surface area contributed by atoms with Crippen LogP contribution in [0.25, 0.3) is 94.1 Å². The highest BCUT2D eigenvalue weighted by molar-refractivity contribution is 6.13. The summed E-state index contributed by atoms with van der Waals surface area (Å²) in [5, 5.41) is 7.14. The third kappa shape index (κ3) is 4.98. The first-order chi connectivity index (χ1) is 26.7. The van der Waals surface area contributed by atoms with Gasteiger partial charge >= 0.3 is 0 Å². The van der Waals surface area contributed by atoms with Crippen molar-refractivity contribution in [2.24, 2.45) is 0 Å². The highest BCUT2D eigenvalue weighted by Crippen LogP contribution is 2.39. The molecule has 10 rings (SSSR count). The smallest absolute Gasteiger partial charge is 0.238 e. The van der Waals surface area contributed by atoms with Gasteiger partial charge in [0, 0.05) is 38.1 Å². The molecule has 0 saturated heterocycles. The van der Waals surface area contributed by atoms with Crippen LogP contribution in [0.1, 0.15) is 5.82 Å². The van der Waals surface area contributed by atoms with Gasteiger partial charge < -0.3 is 4.57 Å². The summed E-state index contributed by atoms with van der Waals surface area (Å²) in [6.07, 6.45) is 5.35. The fourth-order valence-electron chi connectivity index (χ4n) is 7.85. The molecule has 0 N–H and O–H groups in total. The molecular weight excluding hydrogens is 659 g/mol. The summed E-state index contributed by atoms with van der Waals surface area (Å²) >= 11 is 0. The van der Waals surface area contributed by atoms with Gasteiger partial charge in [-0.05, 0) is 52.9 Å². The SMILES string of the molecule is C=C/C=C(\C=C)c1nc(-c2ccccc2)nc(-n2c3ccccc3c3cc(-c4ccc5c6ccccc6n(-c6cccc7ccccc67)c5c4)ccc32)n1. The van der Waals surface area contributed by atoms with Crippen molar-refractivity contribution in [3.63, 3.8) is 0 Å². The average molecular weight is 692 g/mol. The lowest BCUT2D eigenvalue weighted by Gasteiger charge is -2.12. The molecule has 0 bridgehead atoms. The van der Waals surface area contributed by atoms with Gasteiger partial charge in [-0.2, -0.15) is 9.97 Å². The van der Waals surface area contributed by atoms with Crippen LogP contribution in [0, 0.1) is 0 Å². The van der Waals surface area contributed by atoms with Crippen molar-refractivity contribution in [3.8, 4) is 34.2 Å². The van der Waals surface area contributed by atoms with E-state index in [1.807, 2.05) is 36.4 Å². The number of nitrogens with zero attached hydrogens (tertiary/aromatic N) is 5. The maximum absolute atomic E-state index is 5.07. The van der Waals surface area contributed by atoms with Gasteiger partial charge in [-0.15, -0.1) is 0 Å². The van der Waals surface area contributed by atoms with E-state index in [9.17, 15) is 0 Å². The monoisotopic (exact) mass is 691 g/mol. The minimum absolute atomic E-state index is 0.534. The number of aromatic nitrogens is 5. The predicted octanol–water partition coefficient (Wildman–Crippen LogP) is 12.3. The van der Waals surface area contributed by atoms with Gasteiger partial charge in [-0.1, -0.05) is 153 Å². The highest BCUT2D eigenvalue weighted by atomic mass is 15.2. The standard InChI is InChI=1S/C49H33N5/c1-3-15-32(4-2)47-50-48(34-17-6-5-7-18-34)52-49(51-47)54-44-24-13-11-22-39(44)41-30-35(27-29-45(41)54)36-26-28-40-38-21-10-12-23-43(38)53(46(40)31-36)42-25-14-19-33-16-8-9-20-37(33)42/h3-31H,1-2H2/b32-15+. The molecule has 10 aromatic rings. The van der Waals surface area contributed by atoms with Crippen molar-refractivity contribution < 1.29 is 0 Å². The molecule has 0 amide bonds. The Balaban J connectivity index is 1.19. The lowest BCUT2D eigenvalue weighted by molar-refractivity contribution is 0.932. The van der Waals surface area contributed by atoms with Crippen LogP contribution in [-0.4, -0.2) is 24.1 Å². The molecule has 0 aliphatic carbocycles. The quantitative estimate of drug-likeness (QED) is 0.156. The Morgan fingerprint density at radius 2 is 1.09 bits per heavy atom. The minimum atomic E-state index is 0.534. The first kappa shape index (κ1) is 31.4. The molecule has 0 spiro atoms. The molecular formula is C49H33N5. The number of para-hydroxylation sites is 2. The first-order valence-corrected chi connectivity index (χ1v) is 18.0. The van der Waals surface area contributed by atoms with E-state index in [0.717, 1.165) is 44.1 Å². The Morgan fingerprint density at radius 3 is 1.89 bits per heavy atom. The molecule has 7 aromatic carbocycles. The second-order valence-corrected chi connectivity index (χ2v) is 13.4. The number of hydrogen-bond donors (Lipinski definition) is 0. The van der Waals surface area contributed by atoms with Gasteiger partial charge in [0.1, 0.15) is 0 Å². The molecule has 0 radical (unpaired) electrons. The van der Waals surface area contributed by atoms with Gasteiger partial charge in [-0.3, -0.25) is 4.57 Å². The maximum Gasteiger partial charge on any atom is 0.238 e. The Hall–Kier alpha value is -7.37. The summed E-state index contributed by atoms with van der Waals surface area (Å²) in [7, 11) is 0. The van der Waals surface area contributed by atoms with Crippen LogP contribution in [0.15, 0.2) is 189 Å². The zero-order valence-electron chi connectivity index (χ0n) is 29.4. The second kappa shape index (κ2) is 12.7. The Kier molecular flexibility index (Phi) is 7.37. The van der Waals surface area contributed by atoms with Gasteiger partial charge in [0.25, 0.3) is 0 Å². The van der Waals surface area contributed by atoms with Crippen LogP contribution < -0.4 is 0 Å². The van der Waals surface area contributed by atoms with E-state index in [1.54, 1.807) is 12.2 Å². The van der Waals surface area contributed by atoms with Crippen molar-refractivity contribution in [3.05, 3.63) is 195 Å². The van der Waals surface area contributed by atoms with Crippen molar-refractivity contribution in [2.45, 2.75) is 0 Å². The Morgan fingerprint density at radius 1 is 0.463 bits per heavy atom. The molecule has 0 unspecified atom stereocenters. The molecule has 5 nitrogen and oxygen atoms in total. The second-order valence-electron chi connectivity index (χ2n) is 13.4. The van der Waals surface area contributed by atoms with E-state index in [2.05, 4.69) is 150 Å². The Bertz CT molecular complexity index is 3140. The van der Waals surface area contributed by atoms with Gasteiger partial charge in [0.05, 0.1) is 27.8 Å². The van der Waals surface area contributed by atoms with E-state index in [4.69, 9.17) is 15.0 Å².